The van der Waals surface area contributed by atoms with Gasteiger partial charge >= 0.3 is 12.0 Å². The first-order chi connectivity index (χ1) is 9.01. The van der Waals surface area contributed by atoms with Crippen LogP contribution in [0, 0.1) is 0 Å². The second-order valence-corrected chi connectivity index (χ2v) is 3.60. The van der Waals surface area contributed by atoms with Crippen LogP contribution in [-0.4, -0.2) is 41.1 Å². The van der Waals surface area contributed by atoms with E-state index >= 15 is 0 Å². The van der Waals surface area contributed by atoms with Gasteiger partial charge < -0.3 is 20.3 Å². The number of carbonyl (C=O) groups is 2. The number of nitrogens with zero attached hydrogens (tertiary/aromatic N) is 2. The first kappa shape index (κ1) is 12.7. The number of carboxylic acid groups (broad SMARTS) is 1. The van der Waals surface area contributed by atoms with E-state index in [1.54, 1.807) is 0 Å². The Bertz CT molecular complexity index is 677. The van der Waals surface area contributed by atoms with Crippen molar-refractivity contribution < 1.29 is 24.2 Å². The number of aromatic nitrogens is 2. The fourth-order valence-corrected chi connectivity index (χ4v) is 1.83. The highest BCUT2D eigenvalue weighted by molar-refractivity contribution is 6.06. The van der Waals surface area contributed by atoms with Crippen LogP contribution in [0.1, 0.15) is 10.5 Å². The molecule has 0 spiro atoms. The molecule has 0 fully saturated rings. The largest absolute Gasteiger partial charge is 0.493 e. The molecule has 2 rings (SSSR count). The van der Waals surface area contributed by atoms with Crippen LogP contribution in [0.15, 0.2) is 12.1 Å². The minimum atomic E-state index is -1.27. The molecular weight excluding hydrogens is 254 g/mol. The van der Waals surface area contributed by atoms with Crippen molar-refractivity contribution >= 4 is 22.9 Å². The number of carbonyl (C=O) groups excluding carboxylic acids is 1. The van der Waals surface area contributed by atoms with Gasteiger partial charge in [-0.15, -0.1) is 0 Å². The van der Waals surface area contributed by atoms with Crippen LogP contribution in [0.5, 0.6) is 11.5 Å². The lowest BCUT2D eigenvalue weighted by molar-refractivity contribution is 0.0692. The predicted octanol–water partition coefficient (Wildman–Crippen LogP) is 0.679. The van der Waals surface area contributed by atoms with Gasteiger partial charge in [-0.05, 0) is 12.1 Å². The molecule has 0 saturated heterocycles. The van der Waals surface area contributed by atoms with Gasteiger partial charge in [0.2, 0.25) is 0 Å². The van der Waals surface area contributed by atoms with Crippen molar-refractivity contribution in [3.05, 3.63) is 17.8 Å². The number of nitrogens with two attached hydrogens (primary N) is 1. The van der Waals surface area contributed by atoms with Gasteiger partial charge in [0.1, 0.15) is 5.52 Å². The highest BCUT2D eigenvalue weighted by Crippen LogP contribution is 2.36. The van der Waals surface area contributed by atoms with E-state index in [0.29, 0.717) is 5.75 Å². The van der Waals surface area contributed by atoms with E-state index in [4.69, 9.17) is 20.3 Å². The van der Waals surface area contributed by atoms with Crippen LogP contribution in [0.2, 0.25) is 0 Å². The fraction of sp³-hybridized carbons (Fsp3) is 0.182. The molecule has 100 valence electrons. The normalized spacial score (nSPS) is 10.4. The third kappa shape index (κ3) is 1.82. The summed E-state index contributed by atoms with van der Waals surface area (Å²) in [5, 5.41) is 13.0. The number of carboxylic acids is 1. The van der Waals surface area contributed by atoms with Crippen molar-refractivity contribution in [2.45, 2.75) is 0 Å². The lowest BCUT2D eigenvalue weighted by Gasteiger charge is -2.09. The number of methoxy groups -OCH3 is 2. The van der Waals surface area contributed by atoms with Crippen molar-refractivity contribution in [1.82, 2.24) is 9.78 Å². The van der Waals surface area contributed by atoms with Gasteiger partial charge in [0.15, 0.2) is 17.2 Å². The number of hydrogen-bond donors (Lipinski definition) is 2. The Balaban J connectivity index is 2.94. The Labute approximate surface area is 107 Å². The fourth-order valence-electron chi connectivity index (χ4n) is 1.83. The van der Waals surface area contributed by atoms with Gasteiger partial charge in [0.25, 0.3) is 0 Å². The summed E-state index contributed by atoms with van der Waals surface area (Å²) in [6.45, 7) is 0. The number of fused-ring (bicyclic) bond motifs is 1. The molecule has 1 aromatic heterocycles. The number of ether oxygens (including phenoxy) is 2. The van der Waals surface area contributed by atoms with Crippen LogP contribution in [0.4, 0.5) is 4.79 Å². The monoisotopic (exact) mass is 265 g/mol. The average Bonchev–Trinajstić information content (AvgIpc) is 2.77. The Kier molecular flexibility index (Phi) is 2.99. The predicted molar refractivity (Wildman–Crippen MR) is 64.8 cm³/mol. The molecule has 0 radical (unpaired) electrons. The standard InChI is InChI=1S/C11H11N3O5/c1-18-6-4-3-5-7(10(15)16)13-14(11(12)17)8(5)9(6)19-2/h3-4H,1-2H3,(H2,12,17)(H,15,16). The number of benzene rings is 1. The molecule has 0 atom stereocenters. The number of primary amides is 1. The number of rotatable bonds is 3. The maximum atomic E-state index is 11.4. The van der Waals surface area contributed by atoms with Gasteiger partial charge in [-0.2, -0.15) is 9.78 Å². The quantitative estimate of drug-likeness (QED) is 0.842. The molecule has 0 bridgehead atoms. The van der Waals surface area contributed by atoms with Crippen LogP contribution in [0.25, 0.3) is 10.9 Å². The van der Waals surface area contributed by atoms with Crippen molar-refractivity contribution in [3.63, 3.8) is 0 Å². The summed E-state index contributed by atoms with van der Waals surface area (Å²) in [5.41, 5.74) is 5.06. The van der Waals surface area contributed by atoms with Gasteiger partial charge in [0, 0.05) is 5.39 Å². The van der Waals surface area contributed by atoms with Gasteiger partial charge in [-0.1, -0.05) is 0 Å². The van der Waals surface area contributed by atoms with Crippen LogP contribution >= 0.6 is 0 Å². The highest BCUT2D eigenvalue weighted by atomic mass is 16.5. The van der Waals surface area contributed by atoms with Gasteiger partial charge in [0.05, 0.1) is 14.2 Å². The Morgan fingerprint density at radius 1 is 1.32 bits per heavy atom. The molecule has 1 aromatic carbocycles. The first-order valence-electron chi connectivity index (χ1n) is 5.18. The van der Waals surface area contributed by atoms with Crippen molar-refractivity contribution in [2.24, 2.45) is 5.73 Å². The summed E-state index contributed by atoms with van der Waals surface area (Å²) in [6, 6.07) is 2.09. The summed E-state index contributed by atoms with van der Waals surface area (Å²) in [6.07, 6.45) is 0. The minimum Gasteiger partial charge on any atom is -0.493 e. The zero-order valence-electron chi connectivity index (χ0n) is 10.2. The molecular formula is C11H11N3O5. The summed E-state index contributed by atoms with van der Waals surface area (Å²) < 4.78 is 11.0. The lowest BCUT2D eigenvalue weighted by Crippen LogP contribution is -2.21. The zero-order chi connectivity index (χ0) is 14.2. The SMILES string of the molecule is COc1ccc2c(C(=O)O)nn(C(N)=O)c2c1OC. The lowest BCUT2D eigenvalue weighted by atomic mass is 10.2. The molecule has 8 heteroatoms. The molecule has 0 unspecified atom stereocenters. The molecule has 8 nitrogen and oxygen atoms in total. The molecule has 19 heavy (non-hydrogen) atoms. The van der Waals surface area contributed by atoms with Crippen molar-refractivity contribution in [2.75, 3.05) is 14.2 Å². The smallest absolute Gasteiger partial charge is 0.357 e. The zero-order valence-corrected chi connectivity index (χ0v) is 10.2. The maximum Gasteiger partial charge on any atom is 0.357 e. The number of aromatic carboxylic acids is 1. The topological polar surface area (TPSA) is 117 Å². The van der Waals surface area contributed by atoms with Gasteiger partial charge in [-0.25, -0.2) is 9.59 Å². The summed E-state index contributed by atoms with van der Waals surface area (Å²) in [4.78, 5) is 22.5. The van der Waals surface area contributed by atoms with Crippen LogP contribution in [-0.2, 0) is 0 Å². The molecule has 3 N–H and O–H groups in total. The van der Waals surface area contributed by atoms with E-state index < -0.39 is 12.0 Å². The second kappa shape index (κ2) is 4.48. The summed E-state index contributed by atoms with van der Waals surface area (Å²) >= 11 is 0. The molecule has 0 aliphatic rings. The van der Waals surface area contributed by atoms with E-state index in [-0.39, 0.29) is 22.3 Å². The van der Waals surface area contributed by atoms with E-state index in [1.807, 2.05) is 0 Å². The molecule has 1 amide bonds. The van der Waals surface area contributed by atoms with Crippen molar-refractivity contribution in [3.8, 4) is 11.5 Å². The van der Waals surface area contributed by atoms with E-state index in [9.17, 15) is 9.59 Å². The second-order valence-electron chi connectivity index (χ2n) is 3.60. The minimum absolute atomic E-state index is 0.159. The summed E-state index contributed by atoms with van der Waals surface area (Å²) in [5.74, 6) is -0.731. The molecule has 0 aliphatic carbocycles. The Morgan fingerprint density at radius 3 is 2.47 bits per heavy atom. The van der Waals surface area contributed by atoms with Crippen LogP contribution < -0.4 is 15.2 Å². The maximum absolute atomic E-state index is 11.4. The van der Waals surface area contributed by atoms with Crippen LogP contribution in [0.3, 0.4) is 0 Å². The number of hydrogen-bond acceptors (Lipinski definition) is 5. The molecule has 2 aromatic rings. The van der Waals surface area contributed by atoms with Crippen molar-refractivity contribution in [1.29, 1.82) is 0 Å². The van der Waals surface area contributed by atoms with Gasteiger partial charge in [-0.3, -0.25) is 0 Å². The molecule has 1 heterocycles. The van der Waals surface area contributed by atoms with E-state index in [2.05, 4.69) is 5.10 Å². The first-order valence-corrected chi connectivity index (χ1v) is 5.18. The average molecular weight is 265 g/mol. The molecule has 0 aliphatic heterocycles. The Hall–Kier alpha value is -2.77. The highest BCUT2D eigenvalue weighted by Gasteiger charge is 2.23. The molecule has 0 saturated carbocycles. The number of amides is 1. The van der Waals surface area contributed by atoms with E-state index in [0.717, 1.165) is 4.68 Å². The van der Waals surface area contributed by atoms with E-state index in [1.165, 1.54) is 26.4 Å². The Morgan fingerprint density at radius 2 is 2.00 bits per heavy atom. The third-order valence-corrected chi connectivity index (χ3v) is 2.60. The third-order valence-electron chi connectivity index (χ3n) is 2.60. The summed E-state index contributed by atoms with van der Waals surface area (Å²) in [7, 11) is 2.79.